The predicted molar refractivity (Wildman–Crippen MR) is 65.2 cm³/mol. The SMILES string of the molecule is CCCC1CCN(C(=O)CCNC2CC2)C1. The van der Waals surface area contributed by atoms with Crippen LogP contribution in [0.2, 0.25) is 0 Å². The lowest BCUT2D eigenvalue weighted by molar-refractivity contribution is -0.130. The van der Waals surface area contributed by atoms with E-state index in [1.165, 1.54) is 32.1 Å². The van der Waals surface area contributed by atoms with Gasteiger partial charge in [0, 0.05) is 32.1 Å². The monoisotopic (exact) mass is 224 g/mol. The minimum Gasteiger partial charge on any atom is -0.342 e. The summed E-state index contributed by atoms with van der Waals surface area (Å²) in [5.74, 6) is 1.12. The summed E-state index contributed by atoms with van der Waals surface area (Å²) in [4.78, 5) is 13.9. The van der Waals surface area contributed by atoms with Gasteiger partial charge in [0.15, 0.2) is 0 Å². The summed E-state index contributed by atoms with van der Waals surface area (Å²) in [5.41, 5.74) is 0. The molecular formula is C13H24N2O. The number of carbonyl (C=O) groups is 1. The number of carbonyl (C=O) groups excluding carboxylic acids is 1. The second-order valence-corrected chi connectivity index (χ2v) is 5.26. The maximum atomic E-state index is 11.9. The average molecular weight is 224 g/mol. The second kappa shape index (κ2) is 5.67. The first-order valence-electron chi connectivity index (χ1n) is 6.80. The van der Waals surface area contributed by atoms with Gasteiger partial charge >= 0.3 is 0 Å². The van der Waals surface area contributed by atoms with E-state index in [1.807, 2.05) is 0 Å². The Morgan fingerprint density at radius 2 is 2.19 bits per heavy atom. The van der Waals surface area contributed by atoms with Crippen molar-refractivity contribution in [3.63, 3.8) is 0 Å². The van der Waals surface area contributed by atoms with Crippen LogP contribution in [-0.2, 0) is 4.79 Å². The van der Waals surface area contributed by atoms with Crippen LogP contribution < -0.4 is 5.32 Å². The third-order valence-electron chi connectivity index (χ3n) is 3.68. The van der Waals surface area contributed by atoms with Crippen molar-refractivity contribution < 1.29 is 4.79 Å². The molecule has 3 heteroatoms. The number of nitrogens with one attached hydrogen (secondary N) is 1. The summed E-state index contributed by atoms with van der Waals surface area (Å²) >= 11 is 0. The zero-order chi connectivity index (χ0) is 11.4. The van der Waals surface area contributed by atoms with Crippen molar-refractivity contribution in [3.8, 4) is 0 Å². The summed E-state index contributed by atoms with van der Waals surface area (Å²) in [5, 5.41) is 3.40. The quantitative estimate of drug-likeness (QED) is 0.746. The van der Waals surface area contributed by atoms with Crippen molar-refractivity contribution in [2.24, 2.45) is 5.92 Å². The van der Waals surface area contributed by atoms with E-state index < -0.39 is 0 Å². The van der Waals surface area contributed by atoms with Gasteiger partial charge in [0.05, 0.1) is 0 Å². The summed E-state index contributed by atoms with van der Waals surface area (Å²) in [6.45, 7) is 5.10. The van der Waals surface area contributed by atoms with Crippen LogP contribution in [0.25, 0.3) is 0 Å². The van der Waals surface area contributed by atoms with Gasteiger partial charge in [0.25, 0.3) is 0 Å². The topological polar surface area (TPSA) is 32.3 Å². The number of rotatable bonds is 6. The van der Waals surface area contributed by atoms with Crippen molar-refractivity contribution in [2.75, 3.05) is 19.6 Å². The third-order valence-corrected chi connectivity index (χ3v) is 3.68. The molecule has 16 heavy (non-hydrogen) atoms. The first-order chi connectivity index (χ1) is 7.79. The molecule has 1 aliphatic heterocycles. The minimum atomic E-state index is 0.353. The van der Waals surface area contributed by atoms with Crippen LogP contribution in [-0.4, -0.2) is 36.5 Å². The van der Waals surface area contributed by atoms with E-state index in [4.69, 9.17) is 0 Å². The fourth-order valence-electron chi connectivity index (χ4n) is 2.53. The third kappa shape index (κ3) is 3.48. The van der Waals surface area contributed by atoms with Crippen LogP contribution in [0.15, 0.2) is 0 Å². The number of hydrogen-bond donors (Lipinski definition) is 1. The first kappa shape index (κ1) is 11.9. The van der Waals surface area contributed by atoms with Crippen molar-refractivity contribution in [1.82, 2.24) is 10.2 Å². The molecule has 3 nitrogen and oxygen atoms in total. The van der Waals surface area contributed by atoms with Gasteiger partial charge in [-0.05, 0) is 31.6 Å². The fraction of sp³-hybridized carbons (Fsp3) is 0.923. The molecule has 1 unspecified atom stereocenters. The summed E-state index contributed by atoms with van der Waals surface area (Å²) < 4.78 is 0. The van der Waals surface area contributed by atoms with E-state index in [9.17, 15) is 4.79 Å². The van der Waals surface area contributed by atoms with Gasteiger partial charge < -0.3 is 10.2 Å². The molecule has 92 valence electrons. The van der Waals surface area contributed by atoms with E-state index in [1.54, 1.807) is 0 Å². The molecule has 0 aromatic rings. The Balaban J connectivity index is 1.61. The molecule has 2 fully saturated rings. The largest absolute Gasteiger partial charge is 0.342 e. The van der Waals surface area contributed by atoms with E-state index in [-0.39, 0.29) is 0 Å². The smallest absolute Gasteiger partial charge is 0.223 e. The molecular weight excluding hydrogens is 200 g/mol. The Morgan fingerprint density at radius 1 is 1.38 bits per heavy atom. The van der Waals surface area contributed by atoms with Gasteiger partial charge in [0.1, 0.15) is 0 Å². The van der Waals surface area contributed by atoms with Gasteiger partial charge in [-0.2, -0.15) is 0 Å². The number of nitrogens with zero attached hydrogens (tertiary/aromatic N) is 1. The van der Waals surface area contributed by atoms with Gasteiger partial charge in [-0.3, -0.25) is 4.79 Å². The molecule has 0 aromatic heterocycles. The van der Waals surface area contributed by atoms with Crippen LogP contribution in [0, 0.1) is 5.92 Å². The Hall–Kier alpha value is -0.570. The maximum absolute atomic E-state index is 11.9. The highest BCUT2D eigenvalue weighted by Crippen LogP contribution is 2.21. The van der Waals surface area contributed by atoms with Crippen LogP contribution in [0.4, 0.5) is 0 Å². The van der Waals surface area contributed by atoms with Crippen LogP contribution in [0.1, 0.15) is 45.4 Å². The Labute approximate surface area is 98.6 Å². The van der Waals surface area contributed by atoms with Gasteiger partial charge in [-0.25, -0.2) is 0 Å². The van der Waals surface area contributed by atoms with Crippen molar-refractivity contribution >= 4 is 5.91 Å². The summed E-state index contributed by atoms with van der Waals surface area (Å²) in [6.07, 6.45) is 7.04. The molecule has 2 aliphatic rings. The highest BCUT2D eigenvalue weighted by Gasteiger charge is 2.26. The molecule has 1 atom stereocenters. The van der Waals surface area contributed by atoms with E-state index in [0.717, 1.165) is 31.6 Å². The van der Waals surface area contributed by atoms with Gasteiger partial charge in [-0.15, -0.1) is 0 Å². The lowest BCUT2D eigenvalue weighted by atomic mass is 10.0. The number of amides is 1. The highest BCUT2D eigenvalue weighted by atomic mass is 16.2. The number of hydrogen-bond acceptors (Lipinski definition) is 2. The molecule has 0 radical (unpaired) electrons. The van der Waals surface area contributed by atoms with Gasteiger partial charge in [-0.1, -0.05) is 13.3 Å². The minimum absolute atomic E-state index is 0.353. The molecule has 0 aromatic carbocycles. The van der Waals surface area contributed by atoms with Crippen molar-refractivity contribution in [3.05, 3.63) is 0 Å². The summed E-state index contributed by atoms with van der Waals surface area (Å²) in [7, 11) is 0. The van der Waals surface area contributed by atoms with Gasteiger partial charge in [0.2, 0.25) is 5.91 Å². The normalized spacial score (nSPS) is 25.1. The van der Waals surface area contributed by atoms with E-state index in [0.29, 0.717) is 12.3 Å². The Morgan fingerprint density at radius 3 is 2.88 bits per heavy atom. The molecule has 1 saturated heterocycles. The number of likely N-dealkylation sites (tertiary alicyclic amines) is 1. The molecule has 2 rings (SSSR count). The molecule has 1 saturated carbocycles. The van der Waals surface area contributed by atoms with Crippen LogP contribution in [0.5, 0.6) is 0 Å². The van der Waals surface area contributed by atoms with Crippen LogP contribution in [0.3, 0.4) is 0 Å². The van der Waals surface area contributed by atoms with Crippen molar-refractivity contribution in [1.29, 1.82) is 0 Å². The maximum Gasteiger partial charge on any atom is 0.223 e. The molecule has 1 N–H and O–H groups in total. The van der Waals surface area contributed by atoms with E-state index >= 15 is 0 Å². The molecule has 1 heterocycles. The second-order valence-electron chi connectivity index (χ2n) is 5.26. The van der Waals surface area contributed by atoms with Crippen molar-refractivity contribution in [2.45, 2.75) is 51.5 Å². The zero-order valence-electron chi connectivity index (χ0n) is 10.4. The fourth-order valence-corrected chi connectivity index (χ4v) is 2.53. The molecule has 1 amide bonds. The zero-order valence-corrected chi connectivity index (χ0v) is 10.4. The van der Waals surface area contributed by atoms with E-state index in [2.05, 4.69) is 17.1 Å². The lowest BCUT2D eigenvalue weighted by Gasteiger charge is -2.16. The Bertz CT molecular complexity index is 238. The standard InChI is InChI=1S/C13H24N2O/c1-2-3-11-7-9-15(10-11)13(16)6-8-14-12-4-5-12/h11-12,14H,2-10H2,1H3. The summed E-state index contributed by atoms with van der Waals surface area (Å²) in [6, 6.07) is 0.721. The lowest BCUT2D eigenvalue weighted by Crippen LogP contribution is -2.31. The predicted octanol–water partition coefficient (Wildman–Crippen LogP) is 1.78. The molecule has 1 aliphatic carbocycles. The Kier molecular flexibility index (Phi) is 4.22. The van der Waals surface area contributed by atoms with Crippen LogP contribution >= 0.6 is 0 Å². The first-order valence-corrected chi connectivity index (χ1v) is 6.80. The highest BCUT2D eigenvalue weighted by molar-refractivity contribution is 5.76. The molecule has 0 bridgehead atoms. The molecule has 0 spiro atoms. The average Bonchev–Trinajstić information content (AvgIpc) is 2.97.